The van der Waals surface area contributed by atoms with Crippen LogP contribution in [0, 0.1) is 11.8 Å². The normalized spacial score (nSPS) is 34.3. The Bertz CT molecular complexity index is 150. The molecule has 0 aliphatic carbocycles. The van der Waals surface area contributed by atoms with Gasteiger partial charge >= 0.3 is 0 Å². The minimum atomic E-state index is -0.0853. The summed E-state index contributed by atoms with van der Waals surface area (Å²) in [5.41, 5.74) is 0. The molecule has 0 amide bonds. The van der Waals surface area contributed by atoms with Gasteiger partial charge in [-0.25, -0.2) is 0 Å². The standard InChI is InChI=1S/C10H19BO2/c1-4-12-6-9-8(7(2)3)5-10(11)13-9/h7-10H,4-6H2,1-3H3/t8?,9-,10-/m1/s1. The van der Waals surface area contributed by atoms with Crippen LogP contribution in [0.3, 0.4) is 0 Å². The molecule has 0 aromatic heterocycles. The van der Waals surface area contributed by atoms with E-state index >= 15 is 0 Å². The van der Waals surface area contributed by atoms with Crippen LogP contribution in [0.2, 0.25) is 0 Å². The molecule has 1 aliphatic rings. The van der Waals surface area contributed by atoms with Gasteiger partial charge in [-0.1, -0.05) is 13.8 Å². The lowest BCUT2D eigenvalue weighted by Gasteiger charge is -2.21. The molecule has 2 radical (unpaired) electrons. The van der Waals surface area contributed by atoms with E-state index in [9.17, 15) is 0 Å². The zero-order valence-corrected chi connectivity index (χ0v) is 8.82. The van der Waals surface area contributed by atoms with Gasteiger partial charge in [0.1, 0.15) is 7.85 Å². The lowest BCUT2D eigenvalue weighted by molar-refractivity contribution is -0.0100. The van der Waals surface area contributed by atoms with Gasteiger partial charge in [0.15, 0.2) is 0 Å². The molecule has 1 fully saturated rings. The minimum Gasteiger partial charge on any atom is -0.382 e. The zero-order chi connectivity index (χ0) is 9.84. The summed E-state index contributed by atoms with van der Waals surface area (Å²) in [5.74, 6) is 1.18. The number of rotatable bonds is 4. The van der Waals surface area contributed by atoms with Crippen molar-refractivity contribution in [3.05, 3.63) is 0 Å². The van der Waals surface area contributed by atoms with Crippen molar-refractivity contribution in [3.8, 4) is 0 Å². The topological polar surface area (TPSA) is 18.5 Å². The zero-order valence-electron chi connectivity index (χ0n) is 8.82. The average molecular weight is 182 g/mol. The molecule has 1 heterocycles. The largest absolute Gasteiger partial charge is 0.382 e. The van der Waals surface area contributed by atoms with E-state index < -0.39 is 0 Å². The van der Waals surface area contributed by atoms with Gasteiger partial charge in [0.25, 0.3) is 0 Å². The third kappa shape index (κ3) is 2.99. The van der Waals surface area contributed by atoms with E-state index in [0.29, 0.717) is 18.4 Å². The van der Waals surface area contributed by atoms with E-state index in [2.05, 4.69) is 13.8 Å². The first-order chi connectivity index (χ1) is 6.15. The maximum absolute atomic E-state index is 5.75. The molecule has 0 spiro atoms. The highest BCUT2D eigenvalue weighted by Crippen LogP contribution is 2.31. The summed E-state index contributed by atoms with van der Waals surface area (Å²) in [7, 11) is 5.75. The average Bonchev–Trinajstić information content (AvgIpc) is 2.43. The molecule has 0 aromatic rings. The third-order valence-corrected chi connectivity index (χ3v) is 2.67. The van der Waals surface area contributed by atoms with Crippen LogP contribution in [-0.2, 0) is 9.47 Å². The van der Waals surface area contributed by atoms with Crippen LogP contribution < -0.4 is 0 Å². The quantitative estimate of drug-likeness (QED) is 0.614. The maximum atomic E-state index is 5.75. The first-order valence-electron chi connectivity index (χ1n) is 5.14. The highest BCUT2D eigenvalue weighted by atomic mass is 16.5. The Morgan fingerprint density at radius 2 is 2.23 bits per heavy atom. The molecule has 1 aliphatic heterocycles. The summed E-state index contributed by atoms with van der Waals surface area (Å²) >= 11 is 0. The summed E-state index contributed by atoms with van der Waals surface area (Å²) in [5, 5.41) is 0. The van der Waals surface area contributed by atoms with Crippen molar-refractivity contribution in [2.45, 2.75) is 39.3 Å². The van der Waals surface area contributed by atoms with Gasteiger partial charge in [-0.2, -0.15) is 0 Å². The van der Waals surface area contributed by atoms with Gasteiger partial charge < -0.3 is 9.47 Å². The van der Waals surface area contributed by atoms with Gasteiger partial charge in [-0.3, -0.25) is 0 Å². The molecule has 3 heteroatoms. The Morgan fingerprint density at radius 3 is 2.77 bits per heavy atom. The molecule has 0 N–H and O–H groups in total. The molecular weight excluding hydrogens is 163 g/mol. The van der Waals surface area contributed by atoms with Crippen molar-refractivity contribution < 1.29 is 9.47 Å². The third-order valence-electron chi connectivity index (χ3n) is 2.67. The van der Waals surface area contributed by atoms with Gasteiger partial charge in [0.05, 0.1) is 12.7 Å². The van der Waals surface area contributed by atoms with Crippen LogP contribution in [0.4, 0.5) is 0 Å². The summed E-state index contributed by atoms with van der Waals surface area (Å²) in [4.78, 5) is 0. The molecule has 0 saturated carbocycles. The lowest BCUT2D eigenvalue weighted by atomic mass is 9.84. The van der Waals surface area contributed by atoms with Crippen LogP contribution in [0.1, 0.15) is 27.2 Å². The fourth-order valence-electron chi connectivity index (χ4n) is 1.90. The molecule has 1 saturated heterocycles. The number of hydrogen-bond donors (Lipinski definition) is 0. The van der Waals surface area contributed by atoms with Crippen LogP contribution in [0.5, 0.6) is 0 Å². The second-order valence-electron chi connectivity index (χ2n) is 4.02. The van der Waals surface area contributed by atoms with E-state index in [4.69, 9.17) is 17.3 Å². The van der Waals surface area contributed by atoms with E-state index in [1.165, 1.54) is 0 Å². The molecule has 3 atom stereocenters. The Labute approximate surface area is 82.4 Å². The minimum absolute atomic E-state index is 0.0853. The molecule has 0 aromatic carbocycles. The van der Waals surface area contributed by atoms with E-state index in [0.717, 1.165) is 13.0 Å². The van der Waals surface area contributed by atoms with Crippen molar-refractivity contribution in [1.29, 1.82) is 0 Å². The van der Waals surface area contributed by atoms with E-state index in [1.807, 2.05) is 6.92 Å². The van der Waals surface area contributed by atoms with Gasteiger partial charge in [-0.15, -0.1) is 0 Å². The summed E-state index contributed by atoms with van der Waals surface area (Å²) in [6, 6.07) is -0.0853. The monoisotopic (exact) mass is 182 g/mol. The molecule has 0 bridgehead atoms. The molecular formula is C10H19BO2. The van der Waals surface area contributed by atoms with Crippen LogP contribution in [-0.4, -0.2) is 33.2 Å². The first-order valence-corrected chi connectivity index (χ1v) is 5.14. The van der Waals surface area contributed by atoms with Gasteiger partial charge in [-0.05, 0) is 25.2 Å². The van der Waals surface area contributed by atoms with Crippen LogP contribution >= 0.6 is 0 Å². The maximum Gasteiger partial charge on any atom is 0.109 e. The first kappa shape index (κ1) is 11.1. The molecule has 1 rings (SSSR count). The summed E-state index contributed by atoms with van der Waals surface area (Å²) < 4.78 is 11.0. The van der Waals surface area contributed by atoms with Crippen molar-refractivity contribution in [3.63, 3.8) is 0 Å². The van der Waals surface area contributed by atoms with Crippen LogP contribution in [0.15, 0.2) is 0 Å². The SMILES string of the molecule is [B][C@H]1CC(C(C)C)[C@@H](COCC)O1. The summed E-state index contributed by atoms with van der Waals surface area (Å²) in [6.45, 7) is 7.86. The fraction of sp³-hybridized carbons (Fsp3) is 1.00. The van der Waals surface area contributed by atoms with Crippen molar-refractivity contribution in [2.75, 3.05) is 13.2 Å². The molecule has 13 heavy (non-hydrogen) atoms. The van der Waals surface area contributed by atoms with Crippen molar-refractivity contribution in [1.82, 2.24) is 0 Å². The molecule has 74 valence electrons. The van der Waals surface area contributed by atoms with Crippen LogP contribution in [0.25, 0.3) is 0 Å². The second-order valence-corrected chi connectivity index (χ2v) is 4.02. The predicted octanol–water partition coefficient (Wildman–Crippen LogP) is 1.58. The Kier molecular flexibility index (Phi) is 4.27. The van der Waals surface area contributed by atoms with E-state index in [-0.39, 0.29) is 12.1 Å². The Morgan fingerprint density at radius 1 is 1.54 bits per heavy atom. The fourth-order valence-corrected chi connectivity index (χ4v) is 1.90. The smallest absolute Gasteiger partial charge is 0.109 e. The second kappa shape index (κ2) is 5.01. The predicted molar refractivity (Wildman–Crippen MR) is 53.9 cm³/mol. The lowest BCUT2D eigenvalue weighted by Crippen LogP contribution is -2.26. The molecule has 1 unspecified atom stereocenters. The number of hydrogen-bond acceptors (Lipinski definition) is 2. The number of ether oxygens (including phenoxy) is 2. The Hall–Kier alpha value is -0.0151. The summed E-state index contributed by atoms with van der Waals surface area (Å²) in [6.07, 6.45) is 1.17. The van der Waals surface area contributed by atoms with E-state index in [1.54, 1.807) is 0 Å². The van der Waals surface area contributed by atoms with Gasteiger partial charge in [0.2, 0.25) is 0 Å². The molecule has 2 nitrogen and oxygen atoms in total. The highest BCUT2D eigenvalue weighted by Gasteiger charge is 2.34. The van der Waals surface area contributed by atoms with Crippen molar-refractivity contribution >= 4 is 7.85 Å². The Balaban J connectivity index is 2.41. The van der Waals surface area contributed by atoms with Crippen molar-refractivity contribution in [2.24, 2.45) is 11.8 Å². The highest BCUT2D eigenvalue weighted by molar-refractivity contribution is 6.11. The van der Waals surface area contributed by atoms with Gasteiger partial charge in [0, 0.05) is 12.6 Å².